The van der Waals surface area contributed by atoms with Gasteiger partial charge in [0.25, 0.3) is 0 Å². The summed E-state index contributed by atoms with van der Waals surface area (Å²) in [7, 11) is 0. The first-order valence-corrected chi connectivity index (χ1v) is 5.85. The Hall–Kier alpha value is -1.92. The maximum Gasteiger partial charge on any atom is 0.351 e. The van der Waals surface area contributed by atoms with Crippen molar-refractivity contribution in [1.29, 1.82) is 0 Å². The first kappa shape index (κ1) is 13.1. The molecule has 8 heteroatoms. The number of terminal acetylenes is 1. The van der Waals surface area contributed by atoms with Gasteiger partial charge in [0.1, 0.15) is 17.5 Å². The number of anilines is 1. The number of nitrogens with two attached hydrogens (primary N) is 1. The molecule has 0 bridgehead atoms. The molecule has 1 aliphatic heterocycles. The Bertz CT molecular complexity index is 693. The van der Waals surface area contributed by atoms with E-state index < -0.39 is 34.8 Å². The molecule has 2 unspecified atom stereocenters. The van der Waals surface area contributed by atoms with Gasteiger partial charge >= 0.3 is 5.69 Å². The first-order valence-electron chi connectivity index (χ1n) is 5.85. The number of aromatic nitrogens is 2. The van der Waals surface area contributed by atoms with Crippen LogP contribution < -0.4 is 11.4 Å². The zero-order chi connectivity index (χ0) is 14.9. The number of nitrogens with zero attached hydrogens (tertiary/aromatic N) is 2. The molecule has 20 heavy (non-hydrogen) atoms. The molecule has 1 aliphatic carbocycles. The molecule has 1 aromatic heterocycles. The van der Waals surface area contributed by atoms with Crippen molar-refractivity contribution < 1.29 is 20.1 Å². The van der Waals surface area contributed by atoms with Crippen LogP contribution in [0.15, 0.2) is 17.1 Å². The first-order chi connectivity index (χ1) is 9.22. The van der Waals surface area contributed by atoms with Gasteiger partial charge in [0, 0.05) is 6.20 Å². The van der Waals surface area contributed by atoms with Gasteiger partial charge in [0.2, 0.25) is 0 Å². The summed E-state index contributed by atoms with van der Waals surface area (Å²) < 4.78 is 6.37. The summed E-state index contributed by atoms with van der Waals surface area (Å²) in [6.45, 7) is 1.23. The minimum atomic E-state index is -2.04. The topological polar surface area (TPSA) is 131 Å². The fraction of sp³-hybridized carbons (Fsp3) is 0.500. The van der Waals surface area contributed by atoms with Crippen molar-refractivity contribution in [3.63, 3.8) is 0 Å². The number of hydrogen-bond acceptors (Lipinski definition) is 7. The van der Waals surface area contributed by atoms with Crippen molar-refractivity contribution in [2.75, 3.05) is 5.73 Å². The number of fused-ring (bicyclic) bond motifs is 1. The molecular weight excluding hydrogens is 266 g/mol. The van der Waals surface area contributed by atoms with Gasteiger partial charge in [-0.15, -0.1) is 6.42 Å². The quantitative estimate of drug-likeness (QED) is 0.421. The molecule has 2 fully saturated rings. The largest absolute Gasteiger partial charge is 0.386 e. The van der Waals surface area contributed by atoms with E-state index >= 15 is 0 Å². The molecule has 106 valence electrons. The summed E-state index contributed by atoms with van der Waals surface area (Å²) in [5.74, 6) is 2.16. The molecule has 2 heterocycles. The van der Waals surface area contributed by atoms with Crippen molar-refractivity contribution >= 4 is 5.82 Å². The van der Waals surface area contributed by atoms with E-state index in [0.717, 1.165) is 4.57 Å². The fourth-order valence-corrected chi connectivity index (χ4v) is 2.86. The number of ether oxygens (including phenoxy) is 1. The highest BCUT2D eigenvalue weighted by Crippen LogP contribution is 2.66. The lowest BCUT2D eigenvalue weighted by molar-refractivity contribution is -0.163. The maximum absolute atomic E-state index is 11.8. The molecule has 8 nitrogen and oxygen atoms in total. The summed E-state index contributed by atoms with van der Waals surface area (Å²) >= 11 is 0. The van der Waals surface area contributed by atoms with Crippen LogP contribution in [0.5, 0.6) is 0 Å². The van der Waals surface area contributed by atoms with Crippen LogP contribution in [0, 0.1) is 12.3 Å². The summed E-state index contributed by atoms with van der Waals surface area (Å²) in [5, 5.41) is 30.6. The number of nitrogen functional groups attached to an aromatic ring is 1. The Morgan fingerprint density at radius 2 is 2.25 bits per heavy atom. The molecule has 1 saturated heterocycles. The maximum atomic E-state index is 11.8. The molecular formula is C12H13N3O5. The van der Waals surface area contributed by atoms with Crippen LogP contribution in [0.4, 0.5) is 5.82 Å². The number of rotatable bonds is 1. The normalized spacial score (nSPS) is 45.8. The highest BCUT2D eigenvalue weighted by Gasteiger charge is 2.91. The Labute approximate surface area is 113 Å². The van der Waals surface area contributed by atoms with Crippen LogP contribution in [0.2, 0.25) is 0 Å². The summed E-state index contributed by atoms with van der Waals surface area (Å²) in [6, 6.07) is 1.34. The SMILES string of the molecule is C#C[C@]12O[C@@H](n3ccc(N)nc3=O)[C@](C)(O)C1(O)C2O. The van der Waals surface area contributed by atoms with Crippen LogP contribution in [0.1, 0.15) is 13.2 Å². The average molecular weight is 279 g/mol. The van der Waals surface area contributed by atoms with E-state index in [2.05, 4.69) is 10.9 Å². The third kappa shape index (κ3) is 1.12. The molecule has 3 rings (SSSR count). The standard InChI is InChI=1S/C12H13N3O5/c1-3-11-7(16)12(11,19)10(2,18)8(20-11)15-5-4-6(13)14-9(15)17/h1,4-5,7-8,16,18-19H,2H3,(H2,13,14,17)/t7?,8-,10+,11-,12?/m1/s1. The zero-order valence-electron chi connectivity index (χ0n) is 10.5. The van der Waals surface area contributed by atoms with E-state index in [-0.39, 0.29) is 5.82 Å². The Balaban J connectivity index is 2.11. The van der Waals surface area contributed by atoms with Crippen molar-refractivity contribution in [2.24, 2.45) is 0 Å². The van der Waals surface area contributed by atoms with Crippen LogP contribution >= 0.6 is 0 Å². The number of aliphatic hydroxyl groups is 3. The lowest BCUT2D eigenvalue weighted by Gasteiger charge is -2.31. The fourth-order valence-electron chi connectivity index (χ4n) is 2.86. The minimum absolute atomic E-state index is 0.0134. The second kappa shape index (κ2) is 3.39. The number of hydrogen-bond donors (Lipinski definition) is 4. The number of aliphatic hydroxyl groups excluding tert-OH is 1. The second-order valence-electron chi connectivity index (χ2n) is 5.21. The molecule has 0 radical (unpaired) electrons. The van der Waals surface area contributed by atoms with Crippen LogP contribution in [-0.4, -0.2) is 47.8 Å². The van der Waals surface area contributed by atoms with E-state index in [9.17, 15) is 20.1 Å². The molecule has 1 aromatic rings. The van der Waals surface area contributed by atoms with E-state index in [0.29, 0.717) is 0 Å². The smallest absolute Gasteiger partial charge is 0.351 e. The van der Waals surface area contributed by atoms with Gasteiger partial charge in [-0.25, -0.2) is 4.79 Å². The van der Waals surface area contributed by atoms with E-state index in [1.54, 1.807) is 0 Å². The molecule has 2 aliphatic rings. The molecule has 0 amide bonds. The third-order valence-corrected chi connectivity index (χ3v) is 4.13. The summed E-state index contributed by atoms with van der Waals surface area (Å²) in [6.07, 6.45) is 3.84. The average Bonchev–Trinajstić information content (AvgIpc) is 2.78. The van der Waals surface area contributed by atoms with Crippen molar-refractivity contribution in [2.45, 2.75) is 36.1 Å². The zero-order valence-corrected chi connectivity index (χ0v) is 10.5. The van der Waals surface area contributed by atoms with Crippen LogP contribution in [0.3, 0.4) is 0 Å². The molecule has 0 aromatic carbocycles. The van der Waals surface area contributed by atoms with Gasteiger partial charge in [-0.2, -0.15) is 4.98 Å². The summed E-state index contributed by atoms with van der Waals surface area (Å²) in [4.78, 5) is 15.3. The molecule has 5 atom stereocenters. The van der Waals surface area contributed by atoms with Crippen LogP contribution in [0.25, 0.3) is 0 Å². The van der Waals surface area contributed by atoms with E-state index in [1.165, 1.54) is 19.2 Å². The Morgan fingerprint density at radius 3 is 2.75 bits per heavy atom. The third-order valence-electron chi connectivity index (χ3n) is 4.13. The predicted molar refractivity (Wildman–Crippen MR) is 66.2 cm³/mol. The van der Waals surface area contributed by atoms with Gasteiger partial charge in [-0.3, -0.25) is 4.57 Å². The molecule has 5 N–H and O–H groups in total. The van der Waals surface area contributed by atoms with Crippen LogP contribution in [-0.2, 0) is 4.74 Å². The predicted octanol–water partition coefficient (Wildman–Crippen LogP) is -2.42. The lowest BCUT2D eigenvalue weighted by atomic mass is 9.94. The Morgan fingerprint density at radius 1 is 1.60 bits per heavy atom. The van der Waals surface area contributed by atoms with E-state index in [4.69, 9.17) is 16.9 Å². The van der Waals surface area contributed by atoms with E-state index in [1.807, 2.05) is 0 Å². The molecule has 0 spiro atoms. The second-order valence-corrected chi connectivity index (χ2v) is 5.21. The summed E-state index contributed by atoms with van der Waals surface area (Å²) in [5.41, 5.74) is -1.13. The van der Waals surface area contributed by atoms with Crippen molar-refractivity contribution in [3.05, 3.63) is 22.7 Å². The van der Waals surface area contributed by atoms with Gasteiger partial charge < -0.3 is 25.8 Å². The van der Waals surface area contributed by atoms with Crippen molar-refractivity contribution in [1.82, 2.24) is 9.55 Å². The van der Waals surface area contributed by atoms with Crippen molar-refractivity contribution in [3.8, 4) is 12.3 Å². The lowest BCUT2D eigenvalue weighted by Crippen LogP contribution is -2.50. The highest BCUT2D eigenvalue weighted by atomic mass is 16.6. The van der Waals surface area contributed by atoms with Gasteiger partial charge in [0.05, 0.1) is 0 Å². The Kier molecular flexibility index (Phi) is 2.22. The monoisotopic (exact) mass is 279 g/mol. The van der Waals surface area contributed by atoms with Gasteiger partial charge in [-0.05, 0) is 13.0 Å². The van der Waals surface area contributed by atoms with Gasteiger partial charge in [0.15, 0.2) is 17.4 Å². The minimum Gasteiger partial charge on any atom is -0.386 e. The highest BCUT2D eigenvalue weighted by molar-refractivity contribution is 5.48. The molecule has 1 saturated carbocycles. The van der Waals surface area contributed by atoms with Gasteiger partial charge in [-0.1, -0.05) is 5.92 Å².